The quantitative estimate of drug-likeness (QED) is 0.164. The average Bonchev–Trinajstić information content (AvgIpc) is 4.00. The molecule has 0 bridgehead atoms. The van der Waals surface area contributed by atoms with Gasteiger partial charge in [0.2, 0.25) is 0 Å². The Bertz CT molecular complexity index is 4020. The molecule has 0 saturated carbocycles. The van der Waals surface area contributed by atoms with Crippen LogP contribution in [0.3, 0.4) is 0 Å². The van der Waals surface area contributed by atoms with Crippen molar-refractivity contribution in [2.45, 2.75) is 19.3 Å². The van der Waals surface area contributed by atoms with Crippen LogP contribution in [0.4, 0.5) is 0 Å². The third kappa shape index (κ3) is 4.61. The summed E-state index contributed by atoms with van der Waals surface area (Å²) in [5.74, 6) is 6.70. The van der Waals surface area contributed by atoms with Crippen LogP contribution >= 0.6 is 0 Å². The Labute approximate surface area is 347 Å². The number of aromatic nitrogens is 2. The second kappa shape index (κ2) is 12.8. The van der Waals surface area contributed by atoms with Crippen LogP contribution in [0.2, 0.25) is 0 Å². The summed E-state index contributed by atoms with van der Waals surface area (Å²) in [5.41, 5.74) is 10.2. The number of para-hydroxylation sites is 3. The van der Waals surface area contributed by atoms with Crippen molar-refractivity contribution in [3.63, 3.8) is 0 Å². The van der Waals surface area contributed by atoms with Gasteiger partial charge in [0.15, 0.2) is 0 Å². The Morgan fingerprint density at radius 2 is 1.26 bits per heavy atom. The number of benzene rings is 6. The van der Waals surface area contributed by atoms with E-state index in [0.717, 1.165) is 76.6 Å². The van der Waals surface area contributed by atoms with Gasteiger partial charge in [-0.1, -0.05) is 72.7 Å². The molecule has 4 aromatic heterocycles. The molecule has 10 aromatic rings. The highest BCUT2D eigenvalue weighted by atomic mass is 16.3. The number of furan rings is 2. The lowest BCUT2D eigenvalue weighted by Gasteiger charge is -2.25. The van der Waals surface area contributed by atoms with Crippen molar-refractivity contribution in [1.29, 1.82) is 21.0 Å². The summed E-state index contributed by atoms with van der Waals surface area (Å²) in [6.07, 6.45) is 5.22. The maximum atomic E-state index is 11.4. The molecule has 61 heavy (non-hydrogen) atoms. The van der Waals surface area contributed by atoms with E-state index >= 15 is 0 Å². The number of nitrogens with zero attached hydrogens (tertiary/aromatic N) is 6. The summed E-state index contributed by atoms with van der Waals surface area (Å²) in [5, 5.41) is 50.2. The molecular formula is C53H26N6O2. The molecule has 0 aliphatic heterocycles. The Balaban J connectivity index is 1.19. The smallest absolute Gasteiger partial charge is 0.145 e. The lowest BCUT2D eigenvalue weighted by molar-refractivity contribution is 0.672. The van der Waals surface area contributed by atoms with Crippen LogP contribution in [-0.2, 0) is 0 Å². The molecule has 4 heterocycles. The monoisotopic (exact) mass is 778 g/mol. The van der Waals surface area contributed by atoms with Crippen molar-refractivity contribution in [1.82, 2.24) is 9.13 Å². The highest BCUT2D eigenvalue weighted by Gasteiger charge is 2.32. The number of hydrogen-bond acceptors (Lipinski definition) is 6. The Morgan fingerprint density at radius 1 is 0.590 bits per heavy atom. The highest BCUT2D eigenvalue weighted by Crippen LogP contribution is 2.48. The molecule has 0 N–H and O–H groups in total. The van der Waals surface area contributed by atoms with Crippen LogP contribution in [0.1, 0.15) is 47.2 Å². The van der Waals surface area contributed by atoms with Gasteiger partial charge in [-0.3, -0.25) is 0 Å². The zero-order chi connectivity index (χ0) is 40.9. The fraction of sp³-hybridized carbons (Fsp3) is 0.0566. The molecule has 12 rings (SSSR count). The van der Waals surface area contributed by atoms with Gasteiger partial charge in [-0.2, -0.15) is 21.0 Å². The Kier molecular flexibility index (Phi) is 7.12. The molecule has 0 unspecified atom stereocenters. The van der Waals surface area contributed by atoms with Gasteiger partial charge in [-0.15, -0.1) is 0 Å². The van der Waals surface area contributed by atoms with Crippen molar-refractivity contribution in [3.05, 3.63) is 154 Å². The van der Waals surface area contributed by atoms with Gasteiger partial charge < -0.3 is 18.0 Å². The molecule has 0 fully saturated rings. The molecule has 0 spiro atoms. The van der Waals surface area contributed by atoms with Gasteiger partial charge in [0.05, 0.1) is 79.2 Å². The van der Waals surface area contributed by atoms with Crippen LogP contribution in [0.15, 0.2) is 135 Å². The first kappa shape index (κ1) is 34.1. The maximum Gasteiger partial charge on any atom is 0.145 e. The zero-order valence-corrected chi connectivity index (χ0v) is 32.2. The van der Waals surface area contributed by atoms with Crippen molar-refractivity contribution < 1.29 is 8.83 Å². The standard InChI is InChI=1S/C53H26N6O2/c54-26-30-24-32(28-56)48(45(25-30)58-41-14-3-1-2-12-38(41)49-43(58)22-20-36-33-10-5-8-16-46(33)60-52(36)49)35-19-18-31(27-55)51(40(35)29-57)59-42-15-7-4-13-39(42)50-44(59)23-21-37-34-11-6-9-17-47(34)61-53(37)50/h2,4-13,15-17,20-25H,1,18-19H2. The number of nitriles is 4. The number of hydrogen-bond donors (Lipinski definition) is 0. The van der Waals surface area contributed by atoms with Crippen LogP contribution < -0.4 is 0 Å². The van der Waals surface area contributed by atoms with E-state index < -0.39 is 0 Å². The SMILES string of the molecule is N#CC1=C(n2c3ccccc3c3c4oc5ccccc5c4ccc32)C(C#N)=C(c2c(C#N)cc(C#N)cc2-n2c3c(c4c5oc6ccccc6c5ccc42)C=CCC#C3)CC1. The largest absolute Gasteiger partial charge is 0.455 e. The molecular weight excluding hydrogens is 753 g/mol. The molecule has 0 saturated heterocycles. The van der Waals surface area contributed by atoms with Gasteiger partial charge in [0.1, 0.15) is 34.1 Å². The van der Waals surface area contributed by atoms with Crippen molar-refractivity contribution in [3.8, 4) is 41.8 Å². The molecule has 6 aromatic carbocycles. The first-order chi connectivity index (χ1) is 30.1. The lowest BCUT2D eigenvalue weighted by atomic mass is 9.83. The number of allylic oxidation sites excluding steroid dienone is 5. The Hall–Kier alpha value is -9.00. The Morgan fingerprint density at radius 3 is 1.95 bits per heavy atom. The molecule has 2 aliphatic carbocycles. The van der Waals surface area contributed by atoms with E-state index in [2.05, 4.69) is 42.2 Å². The van der Waals surface area contributed by atoms with E-state index in [-0.39, 0.29) is 16.7 Å². The summed E-state index contributed by atoms with van der Waals surface area (Å²) in [6, 6.07) is 45.0. The van der Waals surface area contributed by atoms with Crippen LogP contribution in [-0.4, -0.2) is 9.13 Å². The molecule has 0 amide bonds. The van der Waals surface area contributed by atoms with Crippen molar-refractivity contribution in [2.75, 3.05) is 0 Å². The molecule has 8 nitrogen and oxygen atoms in total. The fourth-order valence-corrected chi connectivity index (χ4v) is 9.75. The van der Waals surface area contributed by atoms with E-state index in [0.29, 0.717) is 58.6 Å². The van der Waals surface area contributed by atoms with Crippen LogP contribution in [0.5, 0.6) is 0 Å². The van der Waals surface area contributed by atoms with E-state index in [1.165, 1.54) is 0 Å². The first-order valence-electron chi connectivity index (χ1n) is 19.9. The predicted octanol–water partition coefficient (Wildman–Crippen LogP) is 12.6. The topological polar surface area (TPSA) is 131 Å². The normalized spacial score (nSPS) is 13.8. The van der Waals surface area contributed by atoms with Crippen LogP contribution in [0, 0.1) is 57.2 Å². The van der Waals surface area contributed by atoms with Gasteiger partial charge >= 0.3 is 0 Å². The van der Waals surface area contributed by atoms with Crippen molar-refractivity contribution in [2.24, 2.45) is 0 Å². The van der Waals surface area contributed by atoms with Gasteiger partial charge in [0, 0.05) is 44.5 Å². The molecule has 0 radical (unpaired) electrons. The maximum absolute atomic E-state index is 11.4. The highest BCUT2D eigenvalue weighted by molar-refractivity contribution is 6.25. The van der Waals surface area contributed by atoms with E-state index in [1.54, 1.807) is 12.1 Å². The van der Waals surface area contributed by atoms with Gasteiger partial charge in [-0.25, -0.2) is 0 Å². The van der Waals surface area contributed by atoms with Crippen molar-refractivity contribution >= 4 is 93.9 Å². The third-order valence-electron chi connectivity index (χ3n) is 12.2. The summed E-state index contributed by atoms with van der Waals surface area (Å²) < 4.78 is 17.2. The molecule has 0 atom stereocenters. The van der Waals surface area contributed by atoms with Gasteiger partial charge in [0.25, 0.3) is 0 Å². The lowest BCUT2D eigenvalue weighted by Crippen LogP contribution is -2.13. The summed E-state index contributed by atoms with van der Waals surface area (Å²) in [4.78, 5) is 0. The predicted molar refractivity (Wildman–Crippen MR) is 238 cm³/mol. The van der Waals surface area contributed by atoms with E-state index in [1.807, 2.05) is 112 Å². The second-order valence-corrected chi connectivity index (χ2v) is 15.3. The minimum Gasteiger partial charge on any atom is -0.455 e. The summed E-state index contributed by atoms with van der Waals surface area (Å²) in [7, 11) is 0. The zero-order valence-electron chi connectivity index (χ0n) is 32.2. The van der Waals surface area contributed by atoms with E-state index in [4.69, 9.17) is 8.83 Å². The summed E-state index contributed by atoms with van der Waals surface area (Å²) in [6.45, 7) is 0. The summed E-state index contributed by atoms with van der Waals surface area (Å²) >= 11 is 0. The second-order valence-electron chi connectivity index (χ2n) is 15.3. The van der Waals surface area contributed by atoms with E-state index in [9.17, 15) is 21.0 Å². The third-order valence-corrected chi connectivity index (χ3v) is 12.2. The van der Waals surface area contributed by atoms with Crippen LogP contribution in [0.25, 0.3) is 99.6 Å². The van der Waals surface area contributed by atoms with Gasteiger partial charge in [-0.05, 0) is 78.9 Å². The molecule has 2 aliphatic rings. The minimum atomic E-state index is 0.236. The molecule has 8 heteroatoms. The fourth-order valence-electron chi connectivity index (χ4n) is 9.75. The first-order valence-corrected chi connectivity index (χ1v) is 19.9. The number of fused-ring (bicyclic) bond motifs is 14. The number of rotatable bonds is 3. The molecule has 280 valence electrons. The minimum absolute atomic E-state index is 0.236. The average molecular weight is 779 g/mol.